The van der Waals surface area contributed by atoms with Crippen molar-refractivity contribution in [1.29, 1.82) is 10.5 Å². The molecule has 7 nitrogen and oxygen atoms in total. The SMILES string of the molecule is N#Cc1ccc(OCc2nc3ccc(C(=O)O)cc3o2)c(C#N)c1. The average Bonchev–Trinajstić information content (AvgIpc) is 3.01. The quantitative estimate of drug-likeness (QED) is 0.784. The first kappa shape index (κ1) is 15.1. The largest absolute Gasteiger partial charge is 0.482 e. The van der Waals surface area contributed by atoms with Crippen LogP contribution < -0.4 is 4.74 Å². The average molecular weight is 319 g/mol. The summed E-state index contributed by atoms with van der Waals surface area (Å²) < 4.78 is 11.0. The summed E-state index contributed by atoms with van der Waals surface area (Å²) in [7, 11) is 0. The van der Waals surface area contributed by atoms with Gasteiger partial charge < -0.3 is 14.3 Å². The second-order valence-electron chi connectivity index (χ2n) is 4.82. The van der Waals surface area contributed by atoms with Crippen LogP contribution in [0.2, 0.25) is 0 Å². The van der Waals surface area contributed by atoms with E-state index >= 15 is 0 Å². The molecule has 0 aliphatic heterocycles. The fraction of sp³-hybridized carbons (Fsp3) is 0.0588. The van der Waals surface area contributed by atoms with Crippen molar-refractivity contribution in [3.8, 4) is 17.9 Å². The minimum absolute atomic E-state index is 0.0301. The van der Waals surface area contributed by atoms with E-state index in [1.54, 1.807) is 12.1 Å². The van der Waals surface area contributed by atoms with Crippen molar-refractivity contribution in [2.24, 2.45) is 0 Å². The summed E-state index contributed by atoms with van der Waals surface area (Å²) in [6, 6.07) is 12.8. The summed E-state index contributed by atoms with van der Waals surface area (Å²) in [6.45, 7) is -0.0301. The number of fused-ring (bicyclic) bond motifs is 1. The summed E-state index contributed by atoms with van der Waals surface area (Å²) >= 11 is 0. The molecule has 0 aliphatic rings. The predicted octanol–water partition coefficient (Wildman–Crippen LogP) is 2.85. The topological polar surface area (TPSA) is 120 Å². The Morgan fingerprint density at radius 2 is 2.04 bits per heavy atom. The number of benzene rings is 2. The molecule has 0 saturated carbocycles. The van der Waals surface area contributed by atoms with Crippen molar-refractivity contribution in [3.63, 3.8) is 0 Å². The summed E-state index contributed by atoms with van der Waals surface area (Å²) in [5.41, 5.74) is 1.55. The molecule has 0 unspecified atom stereocenters. The molecule has 3 rings (SSSR count). The summed E-state index contributed by atoms with van der Waals surface area (Å²) in [5, 5.41) is 26.9. The normalized spacial score (nSPS) is 10.1. The molecular formula is C17H9N3O4. The summed E-state index contributed by atoms with van der Waals surface area (Å²) in [4.78, 5) is 15.1. The zero-order chi connectivity index (χ0) is 17.1. The van der Waals surface area contributed by atoms with Crippen LogP contribution in [0, 0.1) is 22.7 Å². The van der Waals surface area contributed by atoms with Crippen molar-refractivity contribution in [2.75, 3.05) is 0 Å². The highest BCUT2D eigenvalue weighted by atomic mass is 16.5. The number of ether oxygens (including phenoxy) is 1. The minimum atomic E-state index is -1.05. The number of hydrogen-bond donors (Lipinski definition) is 1. The van der Waals surface area contributed by atoms with Gasteiger partial charge in [-0.25, -0.2) is 9.78 Å². The van der Waals surface area contributed by atoms with E-state index in [1.807, 2.05) is 12.1 Å². The Hall–Kier alpha value is -3.84. The van der Waals surface area contributed by atoms with Gasteiger partial charge in [0.15, 0.2) is 12.2 Å². The van der Waals surface area contributed by atoms with E-state index in [0.29, 0.717) is 22.4 Å². The van der Waals surface area contributed by atoms with E-state index in [9.17, 15) is 4.79 Å². The Kier molecular flexibility index (Phi) is 3.84. The number of carboxylic acids is 1. The molecule has 0 atom stereocenters. The number of nitriles is 2. The van der Waals surface area contributed by atoms with E-state index in [4.69, 9.17) is 24.8 Å². The van der Waals surface area contributed by atoms with Gasteiger partial charge in [-0.3, -0.25) is 0 Å². The molecule has 0 aliphatic carbocycles. The van der Waals surface area contributed by atoms with Crippen LogP contribution in [0.5, 0.6) is 5.75 Å². The Balaban J connectivity index is 1.82. The molecular weight excluding hydrogens is 310 g/mol. The number of oxazole rings is 1. The fourth-order valence-corrected chi connectivity index (χ4v) is 2.12. The molecule has 0 fully saturated rings. The highest BCUT2D eigenvalue weighted by molar-refractivity contribution is 5.91. The summed E-state index contributed by atoms with van der Waals surface area (Å²) in [6.07, 6.45) is 0. The molecule has 24 heavy (non-hydrogen) atoms. The van der Waals surface area contributed by atoms with Crippen molar-refractivity contribution in [3.05, 3.63) is 59.0 Å². The van der Waals surface area contributed by atoms with Gasteiger partial charge in [0, 0.05) is 0 Å². The number of carbonyl (C=O) groups is 1. The van der Waals surface area contributed by atoms with Crippen molar-refractivity contribution in [2.45, 2.75) is 6.61 Å². The minimum Gasteiger partial charge on any atom is -0.482 e. The molecule has 1 heterocycles. The smallest absolute Gasteiger partial charge is 0.335 e. The highest BCUT2D eigenvalue weighted by Gasteiger charge is 2.11. The van der Waals surface area contributed by atoms with Gasteiger partial charge >= 0.3 is 5.97 Å². The second kappa shape index (κ2) is 6.11. The van der Waals surface area contributed by atoms with E-state index in [0.717, 1.165) is 0 Å². The van der Waals surface area contributed by atoms with Gasteiger partial charge in [0.05, 0.1) is 22.8 Å². The van der Waals surface area contributed by atoms with Crippen LogP contribution in [-0.2, 0) is 6.61 Å². The molecule has 1 N–H and O–H groups in total. The van der Waals surface area contributed by atoms with Crippen LogP contribution in [0.4, 0.5) is 0 Å². The Morgan fingerprint density at radius 1 is 1.21 bits per heavy atom. The third-order valence-corrected chi connectivity index (χ3v) is 3.26. The second-order valence-corrected chi connectivity index (χ2v) is 4.82. The lowest BCUT2D eigenvalue weighted by Crippen LogP contribution is -1.97. The van der Waals surface area contributed by atoms with Gasteiger partial charge in [-0.2, -0.15) is 10.5 Å². The first-order chi connectivity index (χ1) is 11.6. The van der Waals surface area contributed by atoms with Crippen LogP contribution in [-0.4, -0.2) is 16.1 Å². The molecule has 0 radical (unpaired) electrons. The van der Waals surface area contributed by atoms with Crippen LogP contribution in [0.25, 0.3) is 11.1 Å². The van der Waals surface area contributed by atoms with Crippen LogP contribution in [0.15, 0.2) is 40.8 Å². The highest BCUT2D eigenvalue weighted by Crippen LogP contribution is 2.22. The molecule has 2 aromatic carbocycles. The lowest BCUT2D eigenvalue weighted by Gasteiger charge is -2.05. The molecule has 0 amide bonds. The number of aromatic nitrogens is 1. The third-order valence-electron chi connectivity index (χ3n) is 3.26. The molecule has 116 valence electrons. The van der Waals surface area contributed by atoms with Crippen molar-refractivity contribution >= 4 is 17.1 Å². The Morgan fingerprint density at radius 3 is 2.75 bits per heavy atom. The summed E-state index contributed by atoms with van der Waals surface area (Å²) in [5.74, 6) is -0.492. The molecule has 0 bridgehead atoms. The standard InChI is InChI=1S/C17H9N3O4/c18-7-10-1-4-14(12(5-10)8-19)23-9-16-20-13-3-2-11(17(21)22)6-15(13)24-16/h1-6H,9H2,(H,21,22). The zero-order valence-electron chi connectivity index (χ0n) is 12.2. The lowest BCUT2D eigenvalue weighted by molar-refractivity contribution is 0.0697. The van der Waals surface area contributed by atoms with Crippen molar-refractivity contribution < 1.29 is 19.1 Å². The zero-order valence-corrected chi connectivity index (χ0v) is 12.2. The maximum Gasteiger partial charge on any atom is 0.335 e. The fourth-order valence-electron chi connectivity index (χ4n) is 2.12. The van der Waals surface area contributed by atoms with Crippen molar-refractivity contribution in [1.82, 2.24) is 4.98 Å². The number of nitrogens with zero attached hydrogens (tertiary/aromatic N) is 3. The molecule has 3 aromatic rings. The molecule has 0 saturated heterocycles. The first-order valence-electron chi connectivity index (χ1n) is 6.80. The van der Waals surface area contributed by atoms with E-state index in [1.165, 1.54) is 24.3 Å². The van der Waals surface area contributed by atoms with Gasteiger partial charge in [0.1, 0.15) is 17.3 Å². The molecule has 1 aromatic heterocycles. The van der Waals surface area contributed by atoms with Gasteiger partial charge in [-0.1, -0.05) is 0 Å². The van der Waals surface area contributed by atoms with Crippen LogP contribution in [0.1, 0.15) is 27.4 Å². The van der Waals surface area contributed by atoms with Gasteiger partial charge in [0.25, 0.3) is 0 Å². The molecule has 0 spiro atoms. The first-order valence-corrected chi connectivity index (χ1v) is 6.80. The number of carboxylic acid groups (broad SMARTS) is 1. The van der Waals surface area contributed by atoms with Crippen LogP contribution in [0.3, 0.4) is 0 Å². The van der Waals surface area contributed by atoms with E-state index in [-0.39, 0.29) is 23.6 Å². The van der Waals surface area contributed by atoms with E-state index in [2.05, 4.69) is 4.98 Å². The Bertz CT molecular complexity index is 1020. The number of aromatic carboxylic acids is 1. The number of rotatable bonds is 4. The van der Waals surface area contributed by atoms with Crippen LogP contribution >= 0.6 is 0 Å². The third kappa shape index (κ3) is 2.87. The number of hydrogen-bond acceptors (Lipinski definition) is 6. The monoisotopic (exact) mass is 319 g/mol. The molecule has 7 heteroatoms. The van der Waals surface area contributed by atoms with Gasteiger partial charge in [0.2, 0.25) is 5.89 Å². The van der Waals surface area contributed by atoms with Gasteiger partial charge in [-0.15, -0.1) is 0 Å². The lowest BCUT2D eigenvalue weighted by atomic mass is 10.1. The maximum atomic E-state index is 10.9. The Labute approximate surface area is 135 Å². The predicted molar refractivity (Wildman–Crippen MR) is 81.2 cm³/mol. The van der Waals surface area contributed by atoms with E-state index < -0.39 is 5.97 Å². The maximum absolute atomic E-state index is 10.9. The van der Waals surface area contributed by atoms with Gasteiger partial charge in [-0.05, 0) is 36.4 Å².